The van der Waals surface area contributed by atoms with Crippen LogP contribution in [-0.2, 0) is 4.74 Å². The topological polar surface area (TPSA) is 38.5 Å². The number of ether oxygens (including phenoxy) is 1. The molecule has 0 aliphatic heterocycles. The lowest BCUT2D eigenvalue weighted by molar-refractivity contribution is 0.0223. The van der Waals surface area contributed by atoms with E-state index in [2.05, 4.69) is 25.8 Å². The molecule has 3 heteroatoms. The maximum atomic E-state index is 6.05. The Labute approximate surface area is 100 Å². The van der Waals surface area contributed by atoms with Crippen LogP contribution in [0.4, 0.5) is 0 Å². The van der Waals surface area contributed by atoms with Crippen molar-refractivity contribution in [1.29, 1.82) is 0 Å². The van der Waals surface area contributed by atoms with Crippen molar-refractivity contribution in [2.24, 2.45) is 17.6 Å². The average molecular weight is 228 g/mol. The minimum atomic E-state index is 0.204. The second kappa shape index (κ2) is 5.99. The molecule has 2 N–H and O–H groups in total. The van der Waals surface area contributed by atoms with Gasteiger partial charge in [-0.2, -0.15) is 0 Å². The molecule has 0 bridgehead atoms. The minimum Gasteiger partial charge on any atom is -0.383 e. The molecule has 1 saturated carbocycles. The summed E-state index contributed by atoms with van der Waals surface area (Å²) < 4.78 is 5.16. The summed E-state index contributed by atoms with van der Waals surface area (Å²) in [4.78, 5) is 2.42. The summed E-state index contributed by atoms with van der Waals surface area (Å²) in [6, 6.07) is 0. The molecule has 1 aliphatic rings. The molecule has 2 unspecified atom stereocenters. The minimum absolute atomic E-state index is 0.204. The Hall–Kier alpha value is -0.120. The molecule has 0 aromatic carbocycles. The van der Waals surface area contributed by atoms with Gasteiger partial charge in [0, 0.05) is 25.7 Å². The van der Waals surface area contributed by atoms with Gasteiger partial charge in [-0.1, -0.05) is 13.8 Å². The van der Waals surface area contributed by atoms with E-state index >= 15 is 0 Å². The summed E-state index contributed by atoms with van der Waals surface area (Å²) in [7, 11) is 3.95. The van der Waals surface area contributed by atoms with E-state index < -0.39 is 0 Å². The highest BCUT2D eigenvalue weighted by molar-refractivity contribution is 4.96. The second-order valence-electron chi connectivity index (χ2n) is 5.70. The Balaban J connectivity index is 2.67. The first-order chi connectivity index (χ1) is 7.54. The average Bonchev–Trinajstić information content (AvgIpc) is 2.24. The Morgan fingerprint density at radius 1 is 1.31 bits per heavy atom. The molecule has 0 radical (unpaired) electrons. The van der Waals surface area contributed by atoms with Crippen LogP contribution < -0.4 is 5.73 Å². The summed E-state index contributed by atoms with van der Waals surface area (Å²) in [6.45, 7) is 7.24. The lowest BCUT2D eigenvalue weighted by Crippen LogP contribution is -2.56. The molecular formula is C13H28N2O. The van der Waals surface area contributed by atoms with Crippen molar-refractivity contribution in [1.82, 2.24) is 4.90 Å². The number of likely N-dealkylation sites (N-methyl/N-ethyl adjacent to an activating group) is 1. The van der Waals surface area contributed by atoms with Crippen LogP contribution in [0.5, 0.6) is 0 Å². The second-order valence-corrected chi connectivity index (χ2v) is 5.70. The Bertz CT molecular complexity index is 198. The zero-order valence-electron chi connectivity index (χ0n) is 11.3. The highest BCUT2D eigenvalue weighted by Crippen LogP contribution is 2.38. The van der Waals surface area contributed by atoms with E-state index in [1.807, 2.05) is 0 Å². The summed E-state index contributed by atoms with van der Waals surface area (Å²) in [5.41, 5.74) is 6.26. The molecule has 2 atom stereocenters. The number of nitrogens with zero attached hydrogens (tertiary/aromatic N) is 1. The van der Waals surface area contributed by atoms with Crippen LogP contribution in [0.15, 0.2) is 0 Å². The lowest BCUT2D eigenvalue weighted by atomic mass is 9.71. The van der Waals surface area contributed by atoms with Crippen molar-refractivity contribution >= 4 is 0 Å². The molecule has 1 aliphatic carbocycles. The summed E-state index contributed by atoms with van der Waals surface area (Å²) in [5, 5.41) is 0. The largest absolute Gasteiger partial charge is 0.383 e. The fourth-order valence-electron chi connectivity index (χ4n) is 3.33. The molecule has 1 fully saturated rings. The van der Waals surface area contributed by atoms with Crippen molar-refractivity contribution in [2.45, 2.75) is 38.6 Å². The SMILES string of the molecule is COCCN(C)C1(CN)CC(C)CC(C)C1. The fourth-order valence-corrected chi connectivity index (χ4v) is 3.33. The van der Waals surface area contributed by atoms with Crippen LogP contribution in [0, 0.1) is 11.8 Å². The van der Waals surface area contributed by atoms with E-state index in [0.29, 0.717) is 0 Å². The van der Waals surface area contributed by atoms with E-state index in [4.69, 9.17) is 10.5 Å². The molecule has 0 saturated heterocycles. The first-order valence-corrected chi connectivity index (χ1v) is 6.44. The first-order valence-electron chi connectivity index (χ1n) is 6.44. The Kier molecular flexibility index (Phi) is 5.22. The molecule has 0 aromatic rings. The van der Waals surface area contributed by atoms with Gasteiger partial charge in [-0.3, -0.25) is 4.90 Å². The highest BCUT2D eigenvalue weighted by atomic mass is 16.5. The molecule has 1 rings (SSSR count). The molecule has 96 valence electrons. The third kappa shape index (κ3) is 3.19. The predicted molar refractivity (Wildman–Crippen MR) is 68.5 cm³/mol. The number of hydrogen-bond acceptors (Lipinski definition) is 3. The maximum absolute atomic E-state index is 6.05. The van der Waals surface area contributed by atoms with Crippen LogP contribution in [0.2, 0.25) is 0 Å². The standard InChI is InChI=1S/C13H28N2O/c1-11-7-12(2)9-13(8-11,10-14)15(3)5-6-16-4/h11-12H,5-10,14H2,1-4H3. The lowest BCUT2D eigenvalue weighted by Gasteiger charge is -2.48. The van der Waals surface area contributed by atoms with Gasteiger partial charge in [0.05, 0.1) is 6.61 Å². The van der Waals surface area contributed by atoms with Crippen molar-refractivity contribution < 1.29 is 4.74 Å². The van der Waals surface area contributed by atoms with Gasteiger partial charge in [0.15, 0.2) is 0 Å². The van der Waals surface area contributed by atoms with Crippen LogP contribution in [0.1, 0.15) is 33.1 Å². The van der Waals surface area contributed by atoms with Crippen molar-refractivity contribution in [3.05, 3.63) is 0 Å². The van der Waals surface area contributed by atoms with E-state index in [9.17, 15) is 0 Å². The molecule has 0 heterocycles. The third-order valence-electron chi connectivity index (χ3n) is 4.08. The van der Waals surface area contributed by atoms with Gasteiger partial charge in [-0.05, 0) is 38.1 Å². The van der Waals surface area contributed by atoms with Crippen molar-refractivity contribution in [2.75, 3.05) is 33.9 Å². The van der Waals surface area contributed by atoms with Crippen molar-refractivity contribution in [3.8, 4) is 0 Å². The van der Waals surface area contributed by atoms with E-state index in [1.165, 1.54) is 19.3 Å². The quantitative estimate of drug-likeness (QED) is 0.778. The molecule has 0 spiro atoms. The highest BCUT2D eigenvalue weighted by Gasteiger charge is 2.39. The van der Waals surface area contributed by atoms with Gasteiger partial charge in [0.2, 0.25) is 0 Å². The fraction of sp³-hybridized carbons (Fsp3) is 1.00. The van der Waals surface area contributed by atoms with Gasteiger partial charge in [0.25, 0.3) is 0 Å². The van der Waals surface area contributed by atoms with Crippen LogP contribution in [0.3, 0.4) is 0 Å². The Morgan fingerprint density at radius 3 is 2.31 bits per heavy atom. The monoisotopic (exact) mass is 228 g/mol. The van der Waals surface area contributed by atoms with Crippen molar-refractivity contribution in [3.63, 3.8) is 0 Å². The van der Waals surface area contributed by atoms with Crippen LogP contribution in [-0.4, -0.2) is 44.3 Å². The van der Waals surface area contributed by atoms with E-state index in [1.54, 1.807) is 7.11 Å². The molecular weight excluding hydrogens is 200 g/mol. The third-order valence-corrected chi connectivity index (χ3v) is 4.08. The number of rotatable bonds is 5. The maximum Gasteiger partial charge on any atom is 0.0589 e. The normalized spacial score (nSPS) is 35.6. The first kappa shape index (κ1) is 13.9. The van der Waals surface area contributed by atoms with E-state index in [-0.39, 0.29) is 5.54 Å². The summed E-state index contributed by atoms with van der Waals surface area (Å²) in [6.07, 6.45) is 3.81. The molecule has 3 nitrogen and oxygen atoms in total. The summed E-state index contributed by atoms with van der Waals surface area (Å²) in [5.74, 6) is 1.58. The predicted octanol–water partition coefficient (Wildman–Crippen LogP) is 1.72. The van der Waals surface area contributed by atoms with Gasteiger partial charge >= 0.3 is 0 Å². The number of nitrogens with two attached hydrogens (primary N) is 1. The summed E-state index contributed by atoms with van der Waals surface area (Å²) >= 11 is 0. The number of methoxy groups -OCH3 is 1. The Morgan fingerprint density at radius 2 is 1.88 bits per heavy atom. The van der Waals surface area contributed by atoms with E-state index in [0.717, 1.165) is 31.5 Å². The molecule has 16 heavy (non-hydrogen) atoms. The van der Waals surface area contributed by atoms with Gasteiger partial charge in [0.1, 0.15) is 0 Å². The van der Waals surface area contributed by atoms with Crippen LogP contribution in [0.25, 0.3) is 0 Å². The zero-order chi connectivity index (χ0) is 12.2. The van der Waals surface area contributed by atoms with Gasteiger partial charge < -0.3 is 10.5 Å². The van der Waals surface area contributed by atoms with Crippen LogP contribution >= 0.6 is 0 Å². The smallest absolute Gasteiger partial charge is 0.0589 e. The molecule has 0 amide bonds. The van der Waals surface area contributed by atoms with Gasteiger partial charge in [-0.25, -0.2) is 0 Å². The van der Waals surface area contributed by atoms with Gasteiger partial charge in [-0.15, -0.1) is 0 Å². The molecule has 0 aromatic heterocycles. The zero-order valence-corrected chi connectivity index (χ0v) is 11.3. The number of hydrogen-bond donors (Lipinski definition) is 1.